The largest absolute Gasteiger partial charge is 0.382 e. The van der Waals surface area contributed by atoms with Crippen molar-refractivity contribution in [3.05, 3.63) is 79.0 Å². The minimum absolute atomic E-state index is 0.523. The fourth-order valence-electron chi connectivity index (χ4n) is 4.25. The van der Waals surface area contributed by atoms with E-state index in [0.29, 0.717) is 12.0 Å². The molecule has 5 nitrogen and oxygen atoms in total. The van der Waals surface area contributed by atoms with E-state index >= 15 is 0 Å². The Morgan fingerprint density at radius 2 is 1.74 bits per heavy atom. The minimum atomic E-state index is 0.523. The molecule has 0 amide bonds. The van der Waals surface area contributed by atoms with Gasteiger partial charge in [-0.15, -0.1) is 0 Å². The van der Waals surface area contributed by atoms with Gasteiger partial charge in [-0.2, -0.15) is 0 Å². The van der Waals surface area contributed by atoms with Crippen molar-refractivity contribution < 1.29 is 0 Å². The number of hydrogen-bond acceptors (Lipinski definition) is 5. The van der Waals surface area contributed by atoms with Crippen molar-refractivity contribution in [3.63, 3.8) is 0 Å². The molecule has 0 spiro atoms. The molecule has 5 rings (SSSR count). The Balaban J connectivity index is 1.43. The summed E-state index contributed by atoms with van der Waals surface area (Å²) >= 11 is 0. The smallest absolute Gasteiger partial charge is 0.230 e. The van der Waals surface area contributed by atoms with Crippen molar-refractivity contribution in [2.24, 2.45) is 0 Å². The molecule has 1 fully saturated rings. The van der Waals surface area contributed by atoms with Gasteiger partial charge in [0.2, 0.25) is 5.95 Å². The quantitative estimate of drug-likeness (QED) is 0.473. The highest BCUT2D eigenvalue weighted by Crippen LogP contribution is 2.30. The summed E-state index contributed by atoms with van der Waals surface area (Å²) in [6.07, 6.45) is 4.14. The van der Waals surface area contributed by atoms with Gasteiger partial charge < -0.3 is 15.5 Å². The summed E-state index contributed by atoms with van der Waals surface area (Å²) in [4.78, 5) is 11.5. The third-order valence-corrected chi connectivity index (χ3v) is 5.94. The van der Waals surface area contributed by atoms with Crippen LogP contribution in [-0.2, 0) is 0 Å². The summed E-state index contributed by atoms with van der Waals surface area (Å²) in [5.41, 5.74) is 4.25. The molecule has 0 saturated carbocycles. The Kier molecular flexibility index (Phi) is 5.50. The molecule has 3 aromatic carbocycles. The molecule has 0 atom stereocenters. The Labute approximate surface area is 183 Å². The molecule has 0 bridgehead atoms. The summed E-state index contributed by atoms with van der Waals surface area (Å²) in [5, 5.41) is 9.50. The van der Waals surface area contributed by atoms with Crippen LogP contribution in [-0.4, -0.2) is 36.1 Å². The van der Waals surface area contributed by atoms with Crippen molar-refractivity contribution in [1.82, 2.24) is 15.3 Å². The number of piperidine rings is 1. The maximum Gasteiger partial charge on any atom is 0.230 e. The Morgan fingerprint density at radius 1 is 0.935 bits per heavy atom. The zero-order valence-corrected chi connectivity index (χ0v) is 17.8. The van der Waals surface area contributed by atoms with Gasteiger partial charge in [-0.05, 0) is 55.6 Å². The highest BCUT2D eigenvalue weighted by molar-refractivity contribution is 5.95. The normalized spacial score (nSPS) is 14.5. The zero-order chi connectivity index (χ0) is 21.0. The first-order chi connectivity index (χ1) is 15.3. The second-order valence-corrected chi connectivity index (χ2v) is 8.05. The fourth-order valence-corrected chi connectivity index (χ4v) is 4.25. The number of anilines is 3. The zero-order valence-electron chi connectivity index (χ0n) is 17.8. The summed E-state index contributed by atoms with van der Waals surface area (Å²) in [5.74, 6) is 0.686. The molecule has 1 saturated heterocycles. The van der Waals surface area contributed by atoms with Gasteiger partial charge in [0.25, 0.3) is 0 Å². The van der Waals surface area contributed by atoms with E-state index < -0.39 is 0 Å². The maximum atomic E-state index is 4.89. The molecular weight excluding hydrogens is 382 g/mol. The summed E-state index contributed by atoms with van der Waals surface area (Å²) in [7, 11) is 2.02. The molecule has 5 heteroatoms. The number of nitrogens with one attached hydrogen (secondary N) is 2. The Hall–Kier alpha value is -3.44. The van der Waals surface area contributed by atoms with Crippen LogP contribution in [0.15, 0.2) is 79.0 Å². The van der Waals surface area contributed by atoms with Gasteiger partial charge in [-0.25, -0.2) is 9.97 Å². The first-order valence-electron chi connectivity index (χ1n) is 10.9. The molecule has 0 unspecified atom stereocenters. The second-order valence-electron chi connectivity index (χ2n) is 8.05. The monoisotopic (exact) mass is 409 g/mol. The van der Waals surface area contributed by atoms with Crippen molar-refractivity contribution in [2.75, 3.05) is 30.4 Å². The molecule has 31 heavy (non-hydrogen) atoms. The van der Waals surface area contributed by atoms with Gasteiger partial charge >= 0.3 is 0 Å². The van der Waals surface area contributed by atoms with E-state index in [2.05, 4.69) is 87.2 Å². The van der Waals surface area contributed by atoms with Crippen LogP contribution in [0.25, 0.3) is 22.0 Å². The van der Waals surface area contributed by atoms with Crippen LogP contribution in [0, 0.1) is 0 Å². The van der Waals surface area contributed by atoms with Gasteiger partial charge in [0.05, 0.1) is 11.4 Å². The Morgan fingerprint density at radius 3 is 2.65 bits per heavy atom. The molecule has 0 radical (unpaired) electrons. The van der Waals surface area contributed by atoms with Crippen molar-refractivity contribution in [1.29, 1.82) is 0 Å². The number of fused-ring (bicyclic) bond motifs is 1. The van der Waals surface area contributed by atoms with Crippen LogP contribution in [0.4, 0.5) is 17.3 Å². The molecule has 1 aliphatic rings. The molecule has 156 valence electrons. The third kappa shape index (κ3) is 4.23. The predicted octanol–water partition coefficient (Wildman–Crippen LogP) is 5.23. The summed E-state index contributed by atoms with van der Waals surface area (Å²) in [6.45, 7) is 2.15. The molecule has 2 N–H and O–H groups in total. The average molecular weight is 410 g/mol. The van der Waals surface area contributed by atoms with Crippen LogP contribution in [0.3, 0.4) is 0 Å². The third-order valence-electron chi connectivity index (χ3n) is 5.94. The number of hydrogen-bond donors (Lipinski definition) is 2. The number of aromatic nitrogens is 2. The van der Waals surface area contributed by atoms with E-state index in [1.807, 2.05) is 19.3 Å². The first kappa shape index (κ1) is 19.5. The molecule has 1 aromatic heterocycles. The number of nitrogens with zero attached hydrogens (tertiary/aromatic N) is 3. The van der Waals surface area contributed by atoms with Crippen LogP contribution < -0.4 is 15.5 Å². The van der Waals surface area contributed by atoms with E-state index in [-0.39, 0.29) is 0 Å². The summed E-state index contributed by atoms with van der Waals surface area (Å²) < 4.78 is 0. The molecule has 1 aliphatic heterocycles. The lowest BCUT2D eigenvalue weighted by Crippen LogP contribution is -2.35. The van der Waals surface area contributed by atoms with Gasteiger partial charge in [0.15, 0.2) is 0 Å². The van der Waals surface area contributed by atoms with E-state index in [1.165, 1.54) is 10.8 Å². The standard InChI is InChI=1S/C26H27N5/c1-31(25-11-5-7-19-6-2-3-10-23(19)25)26-28-17-14-24(30-26)20-8-4-9-22(18-20)29-21-12-15-27-16-13-21/h2-11,14,17-18,21,27,29H,12-13,15-16H2,1H3. The lowest BCUT2D eigenvalue weighted by molar-refractivity contribution is 0.479. The van der Waals surface area contributed by atoms with Gasteiger partial charge in [-0.1, -0.05) is 48.5 Å². The van der Waals surface area contributed by atoms with Crippen molar-refractivity contribution >= 4 is 28.1 Å². The van der Waals surface area contributed by atoms with Crippen LogP contribution >= 0.6 is 0 Å². The van der Waals surface area contributed by atoms with E-state index in [0.717, 1.165) is 48.6 Å². The Bertz CT molecular complexity index is 1180. The first-order valence-corrected chi connectivity index (χ1v) is 10.9. The maximum absolute atomic E-state index is 4.89. The van der Waals surface area contributed by atoms with Crippen molar-refractivity contribution in [2.45, 2.75) is 18.9 Å². The predicted molar refractivity (Wildman–Crippen MR) is 129 cm³/mol. The highest BCUT2D eigenvalue weighted by Gasteiger charge is 2.14. The average Bonchev–Trinajstić information content (AvgIpc) is 2.84. The highest BCUT2D eigenvalue weighted by atomic mass is 15.2. The molecule has 0 aliphatic carbocycles. The van der Waals surface area contributed by atoms with Gasteiger partial charge in [0, 0.05) is 35.9 Å². The fraction of sp³-hybridized carbons (Fsp3) is 0.231. The van der Waals surface area contributed by atoms with E-state index in [9.17, 15) is 0 Å². The van der Waals surface area contributed by atoms with Crippen molar-refractivity contribution in [3.8, 4) is 11.3 Å². The van der Waals surface area contributed by atoms with E-state index in [4.69, 9.17) is 4.98 Å². The van der Waals surface area contributed by atoms with E-state index in [1.54, 1.807) is 0 Å². The van der Waals surface area contributed by atoms with Gasteiger partial charge in [-0.3, -0.25) is 0 Å². The lowest BCUT2D eigenvalue weighted by Gasteiger charge is -2.25. The number of benzene rings is 3. The topological polar surface area (TPSA) is 53.1 Å². The molecule has 4 aromatic rings. The molecule has 2 heterocycles. The molecular formula is C26H27N5. The number of rotatable bonds is 5. The lowest BCUT2D eigenvalue weighted by atomic mass is 10.1. The van der Waals surface area contributed by atoms with Crippen LogP contribution in [0.5, 0.6) is 0 Å². The van der Waals surface area contributed by atoms with Gasteiger partial charge in [0.1, 0.15) is 0 Å². The second kappa shape index (κ2) is 8.74. The van der Waals surface area contributed by atoms with Crippen LogP contribution in [0.1, 0.15) is 12.8 Å². The minimum Gasteiger partial charge on any atom is -0.382 e. The SMILES string of the molecule is CN(c1nccc(-c2cccc(NC3CCNCC3)c2)n1)c1cccc2ccccc12. The van der Waals surface area contributed by atoms with Crippen LogP contribution in [0.2, 0.25) is 0 Å². The summed E-state index contributed by atoms with van der Waals surface area (Å²) in [6, 6.07) is 25.7.